The number of hydrogen-bond acceptors (Lipinski definition) is 2. The molecule has 17 heavy (non-hydrogen) atoms. The standard InChI is InChI=1S/C13H18ClNO.ClH/c1-16-13-9-10(14)6-7-11(13)12-5-3-2-4-8-15-12;/h6-7,9,12,15H,2-5,8H2,1H3;1H. The molecule has 4 heteroatoms. The van der Waals surface area contributed by atoms with Gasteiger partial charge >= 0.3 is 0 Å². The Labute approximate surface area is 114 Å². The number of hydrogen-bond donors (Lipinski definition) is 1. The summed E-state index contributed by atoms with van der Waals surface area (Å²) in [6.07, 6.45) is 5.05. The van der Waals surface area contributed by atoms with Gasteiger partial charge in [0.1, 0.15) is 5.75 Å². The van der Waals surface area contributed by atoms with E-state index >= 15 is 0 Å². The van der Waals surface area contributed by atoms with E-state index in [2.05, 4.69) is 11.4 Å². The van der Waals surface area contributed by atoms with Gasteiger partial charge in [0.25, 0.3) is 0 Å². The zero-order valence-corrected chi connectivity index (χ0v) is 11.6. The van der Waals surface area contributed by atoms with Crippen LogP contribution in [-0.2, 0) is 0 Å². The lowest BCUT2D eigenvalue weighted by Crippen LogP contribution is -2.20. The van der Waals surface area contributed by atoms with E-state index in [1.807, 2.05) is 12.1 Å². The van der Waals surface area contributed by atoms with Gasteiger partial charge in [0.2, 0.25) is 0 Å². The molecule has 1 aliphatic heterocycles. The van der Waals surface area contributed by atoms with E-state index in [1.165, 1.54) is 31.2 Å². The third kappa shape index (κ3) is 3.77. The minimum atomic E-state index is 0. The van der Waals surface area contributed by atoms with Crippen molar-refractivity contribution in [2.24, 2.45) is 0 Å². The molecule has 0 bridgehead atoms. The highest BCUT2D eigenvalue weighted by Crippen LogP contribution is 2.32. The highest BCUT2D eigenvalue weighted by molar-refractivity contribution is 6.30. The molecule has 2 nitrogen and oxygen atoms in total. The summed E-state index contributed by atoms with van der Waals surface area (Å²) in [6.45, 7) is 1.09. The molecule has 1 aromatic rings. The first kappa shape index (κ1) is 14.6. The Bertz CT molecular complexity index is 349. The highest BCUT2D eigenvalue weighted by Gasteiger charge is 2.17. The molecular weight excluding hydrogens is 257 g/mol. The summed E-state index contributed by atoms with van der Waals surface area (Å²) in [6, 6.07) is 6.31. The fourth-order valence-corrected chi connectivity index (χ4v) is 2.43. The minimum absolute atomic E-state index is 0. The van der Waals surface area contributed by atoms with Gasteiger partial charge in [-0.05, 0) is 31.5 Å². The van der Waals surface area contributed by atoms with Crippen LogP contribution in [0.15, 0.2) is 18.2 Å². The van der Waals surface area contributed by atoms with Gasteiger partial charge in [0.15, 0.2) is 0 Å². The van der Waals surface area contributed by atoms with E-state index in [0.717, 1.165) is 17.3 Å². The van der Waals surface area contributed by atoms with Gasteiger partial charge in [0, 0.05) is 16.6 Å². The highest BCUT2D eigenvalue weighted by atomic mass is 35.5. The molecular formula is C13H19Cl2NO. The molecule has 1 N–H and O–H groups in total. The molecule has 0 amide bonds. The van der Waals surface area contributed by atoms with Gasteiger partial charge in [-0.15, -0.1) is 12.4 Å². The molecule has 96 valence electrons. The van der Waals surface area contributed by atoms with E-state index in [0.29, 0.717) is 6.04 Å². The van der Waals surface area contributed by atoms with Gasteiger partial charge in [-0.1, -0.05) is 30.5 Å². The Morgan fingerprint density at radius 2 is 2.12 bits per heavy atom. The zero-order valence-electron chi connectivity index (χ0n) is 10.0. The van der Waals surface area contributed by atoms with Crippen molar-refractivity contribution < 1.29 is 4.74 Å². The molecule has 1 heterocycles. The van der Waals surface area contributed by atoms with Gasteiger partial charge in [-0.25, -0.2) is 0 Å². The van der Waals surface area contributed by atoms with Crippen molar-refractivity contribution in [1.82, 2.24) is 5.32 Å². The second-order valence-electron chi connectivity index (χ2n) is 4.24. The van der Waals surface area contributed by atoms with Crippen LogP contribution in [0.1, 0.15) is 37.3 Å². The number of nitrogens with one attached hydrogen (secondary N) is 1. The summed E-state index contributed by atoms with van der Waals surface area (Å²) < 4.78 is 5.40. The molecule has 1 fully saturated rings. The average Bonchev–Trinajstić information content (AvgIpc) is 2.57. The normalized spacial score (nSPS) is 20.2. The average molecular weight is 276 g/mol. The summed E-state index contributed by atoms with van der Waals surface area (Å²) in [5.41, 5.74) is 1.23. The van der Waals surface area contributed by atoms with E-state index in [9.17, 15) is 0 Å². The summed E-state index contributed by atoms with van der Waals surface area (Å²) in [4.78, 5) is 0. The molecule has 0 aliphatic carbocycles. The predicted molar refractivity (Wildman–Crippen MR) is 74.5 cm³/mol. The first-order valence-corrected chi connectivity index (χ1v) is 6.26. The van der Waals surface area contributed by atoms with Crippen molar-refractivity contribution in [3.05, 3.63) is 28.8 Å². The van der Waals surface area contributed by atoms with Crippen LogP contribution in [0.2, 0.25) is 5.02 Å². The lowest BCUT2D eigenvalue weighted by Gasteiger charge is -2.19. The second kappa shape index (κ2) is 7.10. The predicted octanol–water partition coefficient (Wildman–Crippen LogP) is 3.98. The molecule has 1 atom stereocenters. The minimum Gasteiger partial charge on any atom is -0.496 e. The topological polar surface area (TPSA) is 21.3 Å². The Morgan fingerprint density at radius 1 is 1.29 bits per heavy atom. The lowest BCUT2D eigenvalue weighted by atomic mass is 10.0. The number of benzene rings is 1. The maximum absolute atomic E-state index is 5.97. The van der Waals surface area contributed by atoms with Crippen molar-refractivity contribution in [3.63, 3.8) is 0 Å². The zero-order chi connectivity index (χ0) is 11.4. The fraction of sp³-hybridized carbons (Fsp3) is 0.538. The Morgan fingerprint density at radius 3 is 2.88 bits per heavy atom. The van der Waals surface area contributed by atoms with Gasteiger partial charge in [0.05, 0.1) is 7.11 Å². The van der Waals surface area contributed by atoms with Crippen molar-refractivity contribution in [1.29, 1.82) is 0 Å². The van der Waals surface area contributed by atoms with E-state index in [4.69, 9.17) is 16.3 Å². The van der Waals surface area contributed by atoms with Crippen molar-refractivity contribution in [2.45, 2.75) is 31.7 Å². The summed E-state index contributed by atoms with van der Waals surface area (Å²) in [5, 5.41) is 4.30. The molecule has 1 unspecified atom stereocenters. The quantitative estimate of drug-likeness (QED) is 0.882. The number of methoxy groups -OCH3 is 1. The fourth-order valence-electron chi connectivity index (χ4n) is 2.27. The van der Waals surface area contributed by atoms with Crippen molar-refractivity contribution in [2.75, 3.05) is 13.7 Å². The van der Waals surface area contributed by atoms with E-state index in [-0.39, 0.29) is 12.4 Å². The first-order valence-electron chi connectivity index (χ1n) is 5.88. The molecule has 1 aliphatic rings. The van der Waals surface area contributed by atoms with Crippen LogP contribution in [-0.4, -0.2) is 13.7 Å². The van der Waals surface area contributed by atoms with Crippen molar-refractivity contribution >= 4 is 24.0 Å². The molecule has 1 saturated heterocycles. The molecule has 0 aromatic heterocycles. The van der Waals surface area contributed by atoms with E-state index < -0.39 is 0 Å². The number of rotatable bonds is 2. The maximum atomic E-state index is 5.97. The molecule has 2 rings (SSSR count). The third-order valence-corrected chi connectivity index (χ3v) is 3.37. The summed E-state index contributed by atoms with van der Waals surface area (Å²) in [7, 11) is 1.70. The van der Waals surface area contributed by atoms with Crippen LogP contribution in [0.3, 0.4) is 0 Å². The maximum Gasteiger partial charge on any atom is 0.125 e. The van der Waals surface area contributed by atoms with E-state index in [1.54, 1.807) is 7.11 Å². The molecule has 0 radical (unpaired) electrons. The van der Waals surface area contributed by atoms with Crippen LogP contribution < -0.4 is 10.1 Å². The largest absolute Gasteiger partial charge is 0.496 e. The van der Waals surface area contributed by atoms with Gasteiger partial charge in [-0.3, -0.25) is 0 Å². The second-order valence-corrected chi connectivity index (χ2v) is 4.68. The first-order chi connectivity index (χ1) is 7.81. The summed E-state index contributed by atoms with van der Waals surface area (Å²) in [5.74, 6) is 0.895. The Hall–Kier alpha value is -0.440. The monoisotopic (exact) mass is 275 g/mol. The SMILES string of the molecule is COc1cc(Cl)ccc1C1CCCCCN1.Cl. The third-order valence-electron chi connectivity index (χ3n) is 3.13. The van der Waals surface area contributed by atoms with Crippen LogP contribution in [0, 0.1) is 0 Å². The van der Waals surface area contributed by atoms with Crippen molar-refractivity contribution in [3.8, 4) is 5.75 Å². The van der Waals surface area contributed by atoms with Gasteiger partial charge < -0.3 is 10.1 Å². The lowest BCUT2D eigenvalue weighted by molar-refractivity contribution is 0.398. The smallest absolute Gasteiger partial charge is 0.125 e. The molecule has 1 aromatic carbocycles. The van der Waals surface area contributed by atoms with Crippen LogP contribution >= 0.6 is 24.0 Å². The van der Waals surface area contributed by atoms with Gasteiger partial charge in [-0.2, -0.15) is 0 Å². The molecule has 0 saturated carbocycles. The van der Waals surface area contributed by atoms with Crippen LogP contribution in [0.4, 0.5) is 0 Å². The Kier molecular flexibility index (Phi) is 6.10. The summed E-state index contributed by atoms with van der Waals surface area (Å²) >= 11 is 5.97. The van der Waals surface area contributed by atoms with Crippen LogP contribution in [0.5, 0.6) is 5.75 Å². The number of ether oxygens (including phenoxy) is 1. The van der Waals surface area contributed by atoms with Crippen LogP contribution in [0.25, 0.3) is 0 Å². The number of halogens is 2. The Balaban J connectivity index is 0.00000144. The molecule has 0 spiro atoms.